The van der Waals surface area contributed by atoms with Gasteiger partial charge < -0.3 is 19.1 Å². The second-order valence-electron chi connectivity index (χ2n) is 5.66. The lowest BCUT2D eigenvalue weighted by molar-refractivity contribution is -0.138. The monoisotopic (exact) mass is 359 g/mol. The molecule has 1 aromatic rings. The van der Waals surface area contributed by atoms with Crippen LogP contribution in [0.4, 0.5) is 0 Å². The summed E-state index contributed by atoms with van der Waals surface area (Å²) in [5.74, 6) is -0.0844. The Kier molecular flexibility index (Phi) is 6.97. The van der Waals surface area contributed by atoms with E-state index in [1.165, 1.54) is 0 Å². The summed E-state index contributed by atoms with van der Waals surface area (Å²) in [5.41, 5.74) is 1.91. The molecule has 0 saturated carbocycles. The fourth-order valence-corrected chi connectivity index (χ4v) is 2.82. The van der Waals surface area contributed by atoms with Crippen molar-refractivity contribution in [1.82, 2.24) is 4.90 Å². The maximum absolute atomic E-state index is 12.9. The molecule has 0 saturated heterocycles. The van der Waals surface area contributed by atoms with Crippen molar-refractivity contribution in [2.45, 2.75) is 20.8 Å². The molecule has 0 aromatic heterocycles. The van der Waals surface area contributed by atoms with Gasteiger partial charge in [-0.05, 0) is 32.9 Å². The van der Waals surface area contributed by atoms with Crippen LogP contribution in [0.15, 0.2) is 41.1 Å². The average Bonchev–Trinajstić information content (AvgIpc) is 2.85. The minimum atomic E-state index is -0.501. The molecule has 0 aliphatic carbocycles. The number of methoxy groups -OCH3 is 1. The molecule has 0 bridgehead atoms. The van der Waals surface area contributed by atoms with Gasteiger partial charge in [-0.15, -0.1) is 0 Å². The lowest BCUT2D eigenvalue weighted by Gasteiger charge is -2.16. The molecule has 0 unspecified atom stereocenters. The second-order valence-corrected chi connectivity index (χ2v) is 5.66. The van der Waals surface area contributed by atoms with Gasteiger partial charge in [0.15, 0.2) is 0 Å². The van der Waals surface area contributed by atoms with Crippen LogP contribution in [-0.2, 0) is 19.1 Å². The molecule has 1 amide bonds. The van der Waals surface area contributed by atoms with E-state index in [-0.39, 0.29) is 12.5 Å². The van der Waals surface area contributed by atoms with E-state index < -0.39 is 5.97 Å². The third-order valence-electron chi connectivity index (χ3n) is 4.03. The zero-order valence-electron chi connectivity index (χ0n) is 15.7. The van der Waals surface area contributed by atoms with Gasteiger partial charge in [0.05, 0.1) is 31.0 Å². The Hall–Kier alpha value is -2.60. The van der Waals surface area contributed by atoms with Gasteiger partial charge >= 0.3 is 5.97 Å². The van der Waals surface area contributed by atoms with Crippen molar-refractivity contribution < 1.29 is 23.8 Å². The molecule has 1 aliphatic heterocycles. The Morgan fingerprint density at radius 3 is 2.58 bits per heavy atom. The summed E-state index contributed by atoms with van der Waals surface area (Å²) >= 11 is 0. The van der Waals surface area contributed by atoms with Crippen molar-refractivity contribution in [2.75, 3.05) is 33.5 Å². The summed E-state index contributed by atoms with van der Waals surface area (Å²) in [6.07, 6.45) is 1.69. The van der Waals surface area contributed by atoms with Gasteiger partial charge in [0, 0.05) is 24.9 Å². The van der Waals surface area contributed by atoms with Gasteiger partial charge in [0.2, 0.25) is 0 Å². The van der Waals surface area contributed by atoms with E-state index in [1.54, 1.807) is 31.9 Å². The summed E-state index contributed by atoms with van der Waals surface area (Å²) in [5, 5.41) is 0. The fourth-order valence-electron chi connectivity index (χ4n) is 2.82. The highest BCUT2D eigenvalue weighted by Gasteiger charge is 2.37. The van der Waals surface area contributed by atoms with Crippen LogP contribution in [0.3, 0.4) is 0 Å². The predicted octanol–water partition coefficient (Wildman–Crippen LogP) is 2.79. The number of carbonyl (C=O) groups excluding carboxylic acids is 2. The fraction of sp³-hybridized carbons (Fsp3) is 0.400. The molecule has 0 radical (unpaired) electrons. The van der Waals surface area contributed by atoms with Gasteiger partial charge in [0.1, 0.15) is 5.75 Å². The standard InChI is InChI=1S/C20H25NO5/c1-5-25-17-10-8-7-9-15(17)13-16-18(20(23)26-6-2)14(3)21(19(16)22)11-12-24-4/h7-10,13H,5-6,11-12H2,1-4H3. The minimum absolute atomic E-state index is 0.241. The molecule has 6 nitrogen and oxygen atoms in total. The summed E-state index contributed by atoms with van der Waals surface area (Å²) < 4.78 is 15.9. The van der Waals surface area contributed by atoms with Crippen molar-refractivity contribution in [2.24, 2.45) is 0 Å². The van der Waals surface area contributed by atoms with Crippen molar-refractivity contribution in [1.29, 1.82) is 0 Å². The molecule has 0 fully saturated rings. The van der Waals surface area contributed by atoms with Crippen LogP contribution in [0, 0.1) is 0 Å². The number of nitrogens with zero attached hydrogens (tertiary/aromatic N) is 1. The predicted molar refractivity (Wildman–Crippen MR) is 98.5 cm³/mol. The zero-order chi connectivity index (χ0) is 19.1. The van der Waals surface area contributed by atoms with Crippen molar-refractivity contribution >= 4 is 18.0 Å². The largest absolute Gasteiger partial charge is 0.493 e. The first-order chi connectivity index (χ1) is 12.5. The number of hydrogen-bond acceptors (Lipinski definition) is 5. The third kappa shape index (κ3) is 4.14. The number of rotatable bonds is 8. The first-order valence-electron chi connectivity index (χ1n) is 8.67. The minimum Gasteiger partial charge on any atom is -0.493 e. The highest BCUT2D eigenvalue weighted by Crippen LogP contribution is 2.33. The van der Waals surface area contributed by atoms with E-state index in [0.29, 0.717) is 42.4 Å². The van der Waals surface area contributed by atoms with Gasteiger partial charge in [-0.2, -0.15) is 0 Å². The topological polar surface area (TPSA) is 65.1 Å². The molecule has 6 heteroatoms. The lowest BCUT2D eigenvalue weighted by atomic mass is 10.0. The molecule has 26 heavy (non-hydrogen) atoms. The number of ether oxygens (including phenoxy) is 3. The van der Waals surface area contributed by atoms with Gasteiger partial charge in [0.25, 0.3) is 5.91 Å². The molecule has 140 valence electrons. The van der Waals surface area contributed by atoms with Crippen molar-refractivity contribution in [3.8, 4) is 5.75 Å². The number of amides is 1. The van der Waals surface area contributed by atoms with E-state index in [4.69, 9.17) is 14.2 Å². The Balaban J connectivity index is 2.50. The summed E-state index contributed by atoms with van der Waals surface area (Å²) in [7, 11) is 1.57. The van der Waals surface area contributed by atoms with Crippen molar-refractivity contribution in [3.05, 3.63) is 46.7 Å². The zero-order valence-corrected chi connectivity index (χ0v) is 15.7. The van der Waals surface area contributed by atoms with E-state index >= 15 is 0 Å². The van der Waals surface area contributed by atoms with Crippen molar-refractivity contribution in [3.63, 3.8) is 0 Å². The molecule has 2 rings (SSSR count). The maximum Gasteiger partial charge on any atom is 0.340 e. The molecular weight excluding hydrogens is 334 g/mol. The van der Waals surface area contributed by atoms with Crippen LogP contribution in [-0.4, -0.2) is 50.3 Å². The van der Waals surface area contributed by atoms with Crippen LogP contribution in [0.5, 0.6) is 5.75 Å². The van der Waals surface area contributed by atoms with E-state index in [0.717, 1.165) is 5.56 Å². The van der Waals surface area contributed by atoms with E-state index in [1.807, 2.05) is 31.2 Å². The first kappa shape index (κ1) is 19.7. The Labute approximate surface area is 154 Å². The van der Waals surface area contributed by atoms with Gasteiger partial charge in [-0.3, -0.25) is 4.79 Å². The van der Waals surface area contributed by atoms with Crippen LogP contribution in [0.25, 0.3) is 6.08 Å². The maximum atomic E-state index is 12.9. The number of benzene rings is 1. The molecule has 1 aromatic carbocycles. The molecule has 1 heterocycles. The smallest absolute Gasteiger partial charge is 0.340 e. The van der Waals surface area contributed by atoms with Gasteiger partial charge in [-0.25, -0.2) is 4.79 Å². The van der Waals surface area contributed by atoms with Crippen LogP contribution in [0.1, 0.15) is 26.3 Å². The highest BCUT2D eigenvalue weighted by atomic mass is 16.5. The summed E-state index contributed by atoms with van der Waals surface area (Å²) in [6, 6.07) is 7.40. The quantitative estimate of drug-likeness (QED) is 0.527. The first-order valence-corrected chi connectivity index (χ1v) is 8.67. The summed E-state index contributed by atoms with van der Waals surface area (Å²) in [6.45, 7) is 6.87. The molecule has 0 atom stereocenters. The number of esters is 1. The van der Waals surface area contributed by atoms with Crippen LogP contribution < -0.4 is 4.74 Å². The number of carbonyl (C=O) groups is 2. The third-order valence-corrected chi connectivity index (χ3v) is 4.03. The lowest BCUT2D eigenvalue weighted by Crippen LogP contribution is -2.28. The van der Waals surface area contributed by atoms with Crippen LogP contribution >= 0.6 is 0 Å². The number of allylic oxidation sites excluding steroid dienone is 1. The molecule has 1 aliphatic rings. The average molecular weight is 359 g/mol. The Morgan fingerprint density at radius 2 is 1.92 bits per heavy atom. The summed E-state index contributed by atoms with van der Waals surface area (Å²) in [4.78, 5) is 26.9. The van der Waals surface area contributed by atoms with E-state index in [9.17, 15) is 9.59 Å². The van der Waals surface area contributed by atoms with E-state index in [2.05, 4.69) is 0 Å². The Morgan fingerprint density at radius 1 is 1.19 bits per heavy atom. The highest BCUT2D eigenvalue weighted by molar-refractivity contribution is 6.16. The van der Waals surface area contributed by atoms with Gasteiger partial charge in [-0.1, -0.05) is 18.2 Å². The molecule has 0 spiro atoms. The normalized spacial score (nSPS) is 15.8. The molecular formula is C20H25NO5. The number of hydrogen-bond donors (Lipinski definition) is 0. The SMILES string of the molecule is CCOC(=O)C1=C(C)N(CCOC)C(=O)C1=Cc1ccccc1OCC. The molecule has 0 N–H and O–H groups in total. The second kappa shape index (κ2) is 9.20. The number of para-hydroxylation sites is 1. The van der Waals surface area contributed by atoms with Crippen LogP contribution in [0.2, 0.25) is 0 Å². The Bertz CT molecular complexity index is 735.